The summed E-state index contributed by atoms with van der Waals surface area (Å²) in [6.45, 7) is 2.10. The Morgan fingerprint density at radius 3 is 1.59 bits per heavy atom. The summed E-state index contributed by atoms with van der Waals surface area (Å²) in [4.78, 5) is 0. The maximum absolute atomic E-state index is 10.7. The monoisotopic (exact) mass is 471 g/mol. The molecule has 0 aliphatic rings. The molecule has 0 aliphatic heterocycles. The first-order chi connectivity index (χ1) is 14.7. The van der Waals surface area contributed by atoms with E-state index in [-0.39, 0.29) is 0 Å². The second kappa shape index (κ2) is 7.74. The van der Waals surface area contributed by atoms with E-state index < -0.39 is 7.81 Å². The molecule has 4 rings (SSSR count). The zero-order valence-corrected chi connectivity index (χ0v) is 18.0. The Hall–Kier alpha value is -3.19. The van der Waals surface area contributed by atoms with E-state index in [4.69, 9.17) is 5.21 Å². The zero-order valence-electron chi connectivity index (χ0n) is 17.1. The Morgan fingerprint density at radius 2 is 1.12 bits per heavy atom. The van der Waals surface area contributed by atoms with Crippen molar-refractivity contribution in [3.05, 3.63) is 90.5 Å². The van der Waals surface area contributed by atoms with Gasteiger partial charge in [-0.05, 0) is 19.1 Å². The molecule has 1 aromatic heterocycles. The normalized spacial score (nSPS) is 13.5. The van der Waals surface area contributed by atoms with Crippen LogP contribution in [0.15, 0.2) is 84.9 Å². The van der Waals surface area contributed by atoms with Crippen LogP contribution in [0.2, 0.25) is 0 Å². The molecule has 0 aliphatic carbocycles. The van der Waals surface area contributed by atoms with Gasteiger partial charge >= 0.3 is 33.0 Å². The van der Waals surface area contributed by atoms with Crippen LogP contribution in [-0.4, -0.2) is 9.90 Å². The maximum atomic E-state index is 9.87. The molecule has 0 radical (unpaired) electrons. The quantitative estimate of drug-likeness (QED) is 0.170. The number of rotatable bonds is 3. The van der Waals surface area contributed by atoms with E-state index in [0.29, 0.717) is 0 Å². The third-order valence-corrected chi connectivity index (χ3v) is 4.36. The summed E-state index contributed by atoms with van der Waals surface area (Å²) in [5.74, 6) is 0. The molecular formula is C22H20F6N3P. The van der Waals surface area contributed by atoms with E-state index in [1.165, 1.54) is 5.56 Å². The summed E-state index contributed by atoms with van der Waals surface area (Å²) in [5, 5.41) is 4.80. The first-order valence-corrected chi connectivity index (χ1v) is 11.5. The van der Waals surface area contributed by atoms with Crippen LogP contribution in [0.5, 0.6) is 0 Å². The van der Waals surface area contributed by atoms with Gasteiger partial charge in [0.1, 0.15) is 7.05 Å². The minimum absolute atomic E-state index is 1.06. The van der Waals surface area contributed by atoms with E-state index in [1.54, 1.807) is 0 Å². The molecule has 170 valence electrons. The van der Waals surface area contributed by atoms with Crippen LogP contribution in [0.3, 0.4) is 0 Å². The number of benzene rings is 3. The molecule has 0 spiro atoms. The van der Waals surface area contributed by atoms with Gasteiger partial charge in [0.15, 0.2) is 5.69 Å². The Bertz CT molecular complexity index is 1190. The van der Waals surface area contributed by atoms with Crippen LogP contribution >= 0.6 is 7.81 Å². The molecule has 0 unspecified atom stereocenters. The van der Waals surface area contributed by atoms with E-state index in [1.807, 2.05) is 28.5 Å². The van der Waals surface area contributed by atoms with Gasteiger partial charge in [0, 0.05) is 11.1 Å². The molecule has 0 bridgehead atoms. The van der Waals surface area contributed by atoms with Crippen molar-refractivity contribution in [3.8, 4) is 28.2 Å². The third-order valence-electron chi connectivity index (χ3n) is 4.36. The summed E-state index contributed by atoms with van der Waals surface area (Å²) in [5.41, 5.74) is 6.80. The summed E-state index contributed by atoms with van der Waals surface area (Å²) >= 11 is 0. The molecule has 0 saturated carbocycles. The summed E-state index contributed by atoms with van der Waals surface area (Å²) in [7, 11) is -8.66. The molecule has 0 N–H and O–H groups in total. The van der Waals surface area contributed by atoms with Gasteiger partial charge < -0.3 is 0 Å². The Morgan fingerprint density at radius 1 is 0.688 bits per heavy atom. The molecule has 1 heterocycles. The molecule has 0 saturated heterocycles. The van der Waals surface area contributed by atoms with Gasteiger partial charge in [0.05, 0.1) is 5.21 Å². The minimum atomic E-state index is -10.7. The number of halogens is 6. The molecule has 0 fully saturated rings. The average molecular weight is 471 g/mol. The number of aromatic nitrogens is 3. The molecule has 3 aromatic carbocycles. The van der Waals surface area contributed by atoms with E-state index in [2.05, 4.69) is 79.7 Å². The molecule has 0 amide bonds. The fraction of sp³-hybridized carbons (Fsp3) is 0.0909. The van der Waals surface area contributed by atoms with E-state index >= 15 is 0 Å². The van der Waals surface area contributed by atoms with Gasteiger partial charge in [-0.1, -0.05) is 83.0 Å². The number of nitrogens with zero attached hydrogens (tertiary/aromatic N) is 3. The van der Waals surface area contributed by atoms with Crippen molar-refractivity contribution >= 4 is 7.81 Å². The second-order valence-corrected chi connectivity index (χ2v) is 9.06. The Balaban J connectivity index is 0.000000360. The van der Waals surface area contributed by atoms with Crippen molar-refractivity contribution in [1.29, 1.82) is 0 Å². The summed E-state index contributed by atoms with van der Waals surface area (Å²) in [6.07, 6.45) is 0. The fourth-order valence-corrected chi connectivity index (χ4v) is 3.12. The van der Waals surface area contributed by atoms with Crippen molar-refractivity contribution in [2.45, 2.75) is 6.92 Å². The predicted molar refractivity (Wildman–Crippen MR) is 114 cm³/mol. The van der Waals surface area contributed by atoms with Crippen LogP contribution < -0.4 is 4.68 Å². The van der Waals surface area contributed by atoms with Crippen molar-refractivity contribution in [3.63, 3.8) is 0 Å². The second-order valence-electron chi connectivity index (χ2n) is 7.15. The van der Waals surface area contributed by atoms with Crippen molar-refractivity contribution in [1.82, 2.24) is 9.90 Å². The van der Waals surface area contributed by atoms with Crippen LogP contribution in [-0.2, 0) is 7.05 Å². The van der Waals surface area contributed by atoms with Gasteiger partial charge in [0.25, 0.3) is 0 Å². The predicted octanol–water partition coefficient (Wildman–Crippen LogP) is 7.72. The SMILES string of the molecule is Cc1ccc(-n2n[n+](C)c(-c3ccccc3)c2-c2ccccc2)cc1.F[P-](F)(F)(F)(F)F. The Labute approximate surface area is 180 Å². The van der Waals surface area contributed by atoms with Crippen LogP contribution in [0, 0.1) is 6.92 Å². The molecule has 4 aromatic rings. The topological polar surface area (TPSA) is 21.7 Å². The fourth-order valence-electron chi connectivity index (χ4n) is 3.12. The van der Waals surface area contributed by atoms with Gasteiger partial charge in [-0.15, -0.1) is 4.68 Å². The zero-order chi connectivity index (χ0) is 23.6. The Kier molecular flexibility index (Phi) is 5.68. The van der Waals surface area contributed by atoms with Gasteiger partial charge in [-0.25, -0.2) is 0 Å². The average Bonchev–Trinajstić information content (AvgIpc) is 3.04. The standard InChI is InChI=1S/C22H20N3.F6P/c1-17-13-15-20(16-14-17)25-22(19-11-7-4-8-12-19)21(24(2)23-25)18-9-5-3-6-10-18;1-7(2,3,4,5)6/h3-16H,1-2H3;/q+1;-1. The molecular weight excluding hydrogens is 451 g/mol. The molecule has 3 nitrogen and oxygen atoms in total. The van der Waals surface area contributed by atoms with E-state index in [0.717, 1.165) is 28.2 Å². The third kappa shape index (κ3) is 6.92. The van der Waals surface area contributed by atoms with Crippen molar-refractivity contribution in [2.24, 2.45) is 7.05 Å². The first kappa shape index (κ1) is 23.5. The summed E-state index contributed by atoms with van der Waals surface area (Å²) in [6, 6.07) is 29.3. The van der Waals surface area contributed by atoms with Gasteiger partial charge in [-0.2, -0.15) is 0 Å². The van der Waals surface area contributed by atoms with Gasteiger partial charge in [0.2, 0.25) is 11.4 Å². The van der Waals surface area contributed by atoms with E-state index in [9.17, 15) is 25.2 Å². The van der Waals surface area contributed by atoms with Crippen LogP contribution in [0.25, 0.3) is 28.2 Å². The number of hydrogen-bond acceptors (Lipinski definition) is 1. The number of hydrogen-bond donors (Lipinski definition) is 0. The van der Waals surface area contributed by atoms with Crippen molar-refractivity contribution in [2.75, 3.05) is 0 Å². The summed E-state index contributed by atoms with van der Waals surface area (Å²) < 4.78 is 63.2. The van der Waals surface area contributed by atoms with Crippen LogP contribution in [0.1, 0.15) is 5.56 Å². The first-order valence-electron chi connectivity index (χ1n) is 9.42. The van der Waals surface area contributed by atoms with Crippen molar-refractivity contribution < 1.29 is 29.9 Å². The van der Waals surface area contributed by atoms with Gasteiger partial charge in [-0.3, -0.25) is 0 Å². The van der Waals surface area contributed by atoms with Crippen LogP contribution in [0.4, 0.5) is 25.2 Å². The number of aryl methyl sites for hydroxylation is 2. The molecule has 32 heavy (non-hydrogen) atoms. The molecule has 10 heteroatoms. The molecule has 0 atom stereocenters.